The molecule has 4 rings (SSSR count). The molecule has 0 unspecified atom stereocenters. The highest BCUT2D eigenvalue weighted by Gasteiger charge is 2.18. The number of aromatic amines is 2. The van der Waals surface area contributed by atoms with Crippen LogP contribution < -0.4 is 16.6 Å². The highest BCUT2D eigenvalue weighted by Crippen LogP contribution is 2.26. The molecule has 0 aliphatic carbocycles. The van der Waals surface area contributed by atoms with Gasteiger partial charge >= 0.3 is 5.69 Å². The number of rotatable bonds is 7. The molecule has 3 aromatic heterocycles. The predicted molar refractivity (Wildman–Crippen MR) is 123 cm³/mol. The number of anilines is 1. The molecule has 0 aliphatic rings. The fraction of sp³-hybridized carbons (Fsp3) is 0.200. The van der Waals surface area contributed by atoms with Gasteiger partial charge in [-0.3, -0.25) is 19.1 Å². The monoisotopic (exact) mass is 469 g/mol. The van der Waals surface area contributed by atoms with E-state index in [0.717, 1.165) is 16.8 Å². The van der Waals surface area contributed by atoms with E-state index in [1.54, 1.807) is 11.6 Å². The number of thioether (sulfide) groups is 1. The first-order valence-corrected chi connectivity index (χ1v) is 11.4. The van der Waals surface area contributed by atoms with Gasteiger partial charge in [-0.25, -0.2) is 9.78 Å². The maximum absolute atomic E-state index is 12.3. The fourth-order valence-electron chi connectivity index (χ4n) is 3.07. The average Bonchev–Trinajstić information content (AvgIpc) is 3.37. The summed E-state index contributed by atoms with van der Waals surface area (Å²) in [5, 5.41) is 14.1. The minimum absolute atomic E-state index is 0.115. The number of H-pyrrole nitrogens is 2. The second-order valence-electron chi connectivity index (χ2n) is 6.99. The van der Waals surface area contributed by atoms with Crippen molar-refractivity contribution in [3.8, 4) is 5.69 Å². The molecule has 1 aromatic carbocycles. The molecule has 3 heterocycles. The maximum atomic E-state index is 12.3. The Labute approximate surface area is 190 Å². The summed E-state index contributed by atoms with van der Waals surface area (Å²) in [5.41, 5.74) is 2.24. The van der Waals surface area contributed by atoms with Crippen LogP contribution in [0.1, 0.15) is 22.6 Å². The van der Waals surface area contributed by atoms with Gasteiger partial charge in [0.25, 0.3) is 5.56 Å². The first-order valence-electron chi connectivity index (χ1n) is 9.55. The number of nitrogens with zero attached hydrogens (tertiary/aromatic N) is 4. The number of thiazole rings is 1. The van der Waals surface area contributed by atoms with Crippen LogP contribution in [0.15, 0.2) is 50.6 Å². The predicted octanol–water partition coefficient (Wildman–Crippen LogP) is 2.04. The molecule has 0 atom stereocenters. The van der Waals surface area contributed by atoms with Crippen LogP contribution in [-0.2, 0) is 11.2 Å². The molecular weight excluding hydrogens is 450 g/mol. The summed E-state index contributed by atoms with van der Waals surface area (Å²) >= 11 is 2.58. The lowest BCUT2D eigenvalue weighted by atomic mass is 10.1. The Morgan fingerprint density at radius 2 is 2.03 bits per heavy atom. The van der Waals surface area contributed by atoms with Crippen molar-refractivity contribution in [1.82, 2.24) is 29.7 Å². The van der Waals surface area contributed by atoms with Crippen molar-refractivity contribution in [3.05, 3.63) is 79.3 Å². The third kappa shape index (κ3) is 5.03. The Kier molecular flexibility index (Phi) is 6.32. The van der Waals surface area contributed by atoms with Crippen LogP contribution >= 0.6 is 23.1 Å². The van der Waals surface area contributed by atoms with Gasteiger partial charge in [-0.1, -0.05) is 23.9 Å². The third-order valence-electron chi connectivity index (χ3n) is 4.48. The Morgan fingerprint density at radius 3 is 2.78 bits per heavy atom. The number of aryl methyl sites for hydroxylation is 2. The maximum Gasteiger partial charge on any atom is 0.325 e. The number of nitrogens with one attached hydrogen (secondary N) is 3. The van der Waals surface area contributed by atoms with Crippen LogP contribution in [0, 0.1) is 13.8 Å². The van der Waals surface area contributed by atoms with Crippen LogP contribution in [0.5, 0.6) is 0 Å². The molecule has 12 heteroatoms. The molecule has 0 fully saturated rings. The van der Waals surface area contributed by atoms with E-state index in [1.165, 1.54) is 29.2 Å². The quantitative estimate of drug-likeness (QED) is 0.352. The number of aromatic nitrogens is 6. The van der Waals surface area contributed by atoms with Gasteiger partial charge in [0, 0.05) is 29.8 Å². The van der Waals surface area contributed by atoms with E-state index in [2.05, 4.69) is 30.5 Å². The summed E-state index contributed by atoms with van der Waals surface area (Å²) in [7, 11) is 0. The molecule has 0 saturated carbocycles. The zero-order chi connectivity index (χ0) is 22.7. The smallest absolute Gasteiger partial charge is 0.311 e. The first kappa shape index (κ1) is 21.7. The molecule has 1 amide bonds. The fourth-order valence-corrected chi connectivity index (χ4v) is 4.37. The number of hydrogen-bond acceptors (Lipinski definition) is 8. The van der Waals surface area contributed by atoms with Crippen molar-refractivity contribution in [2.75, 3.05) is 11.1 Å². The van der Waals surface area contributed by atoms with Gasteiger partial charge in [0.05, 0.1) is 11.4 Å². The van der Waals surface area contributed by atoms with Crippen molar-refractivity contribution in [3.63, 3.8) is 0 Å². The van der Waals surface area contributed by atoms with Gasteiger partial charge in [-0.2, -0.15) is 0 Å². The number of carbonyl (C=O) groups is 1. The molecule has 10 nitrogen and oxygen atoms in total. The topological polar surface area (TPSA) is 138 Å². The van der Waals surface area contributed by atoms with Crippen LogP contribution in [0.25, 0.3) is 5.69 Å². The summed E-state index contributed by atoms with van der Waals surface area (Å²) in [6, 6.07) is 7.32. The van der Waals surface area contributed by atoms with Gasteiger partial charge in [0.15, 0.2) is 10.3 Å². The average molecular weight is 470 g/mol. The highest BCUT2D eigenvalue weighted by molar-refractivity contribution is 7.99. The van der Waals surface area contributed by atoms with Crippen LogP contribution in [0.2, 0.25) is 0 Å². The molecule has 3 N–H and O–H groups in total. The molecule has 4 aromatic rings. The standard InChI is InChI=1S/C20H19N7O3S2/c1-11-3-4-12(2)14(7-11)27-15(8-13-9-16(28)23-18(30)22-13)25-26-20(27)32-10-17(29)24-19-21-5-6-31-19/h3-7,9H,8,10H2,1-2H3,(H,21,24,29)(H2,22,23,28,30). The van der Waals surface area contributed by atoms with Crippen LogP contribution in [0.3, 0.4) is 0 Å². The Morgan fingerprint density at radius 1 is 1.19 bits per heavy atom. The van der Waals surface area contributed by atoms with E-state index in [1.807, 2.05) is 36.6 Å². The second kappa shape index (κ2) is 9.32. The SMILES string of the molecule is Cc1ccc(C)c(-n2c(Cc3cc(=O)[nH]c(=O)[nH]3)nnc2SCC(=O)Nc2nccs2)c1. The molecule has 164 valence electrons. The van der Waals surface area contributed by atoms with Gasteiger partial charge in [-0.15, -0.1) is 21.5 Å². The normalized spacial score (nSPS) is 10.9. The lowest BCUT2D eigenvalue weighted by molar-refractivity contribution is -0.113. The van der Waals surface area contributed by atoms with Crippen LogP contribution in [-0.4, -0.2) is 41.4 Å². The Bertz CT molecular complexity index is 1340. The lowest BCUT2D eigenvalue weighted by Crippen LogP contribution is -2.23. The van der Waals surface area contributed by atoms with Crippen molar-refractivity contribution >= 4 is 34.1 Å². The molecule has 0 spiro atoms. The van der Waals surface area contributed by atoms with Crippen molar-refractivity contribution in [2.24, 2.45) is 0 Å². The van der Waals surface area contributed by atoms with E-state index in [0.29, 0.717) is 21.8 Å². The lowest BCUT2D eigenvalue weighted by Gasteiger charge is -2.13. The first-order chi connectivity index (χ1) is 15.4. The molecule has 0 aliphatic heterocycles. The second-order valence-corrected chi connectivity index (χ2v) is 8.83. The molecular formula is C20H19N7O3S2. The van der Waals surface area contributed by atoms with Gasteiger partial charge in [-0.05, 0) is 31.0 Å². The summed E-state index contributed by atoms with van der Waals surface area (Å²) in [4.78, 5) is 44.5. The molecule has 32 heavy (non-hydrogen) atoms. The summed E-state index contributed by atoms with van der Waals surface area (Å²) < 4.78 is 1.85. The highest BCUT2D eigenvalue weighted by atomic mass is 32.2. The van der Waals surface area contributed by atoms with Gasteiger partial charge in [0.2, 0.25) is 5.91 Å². The van der Waals surface area contributed by atoms with E-state index in [4.69, 9.17) is 0 Å². The molecule has 0 radical (unpaired) electrons. The Balaban J connectivity index is 1.67. The van der Waals surface area contributed by atoms with Gasteiger partial charge < -0.3 is 10.3 Å². The van der Waals surface area contributed by atoms with E-state index in [-0.39, 0.29) is 18.1 Å². The minimum Gasteiger partial charge on any atom is -0.311 e. The molecule has 0 bridgehead atoms. The number of amides is 1. The summed E-state index contributed by atoms with van der Waals surface area (Å²) in [6.07, 6.45) is 1.81. The van der Waals surface area contributed by atoms with Crippen molar-refractivity contribution in [2.45, 2.75) is 25.4 Å². The number of hydrogen-bond donors (Lipinski definition) is 3. The summed E-state index contributed by atoms with van der Waals surface area (Å²) in [6.45, 7) is 3.95. The minimum atomic E-state index is -0.584. The van der Waals surface area contributed by atoms with Crippen molar-refractivity contribution in [1.29, 1.82) is 0 Å². The zero-order valence-corrected chi connectivity index (χ0v) is 18.8. The third-order valence-corrected chi connectivity index (χ3v) is 6.10. The zero-order valence-electron chi connectivity index (χ0n) is 17.2. The number of benzene rings is 1. The number of carbonyl (C=O) groups excluding carboxylic acids is 1. The summed E-state index contributed by atoms with van der Waals surface area (Å²) in [5.74, 6) is 0.438. The van der Waals surface area contributed by atoms with Gasteiger partial charge in [0.1, 0.15) is 5.82 Å². The van der Waals surface area contributed by atoms with Crippen LogP contribution in [0.4, 0.5) is 5.13 Å². The van der Waals surface area contributed by atoms with Crippen molar-refractivity contribution < 1.29 is 4.79 Å². The van der Waals surface area contributed by atoms with E-state index in [9.17, 15) is 14.4 Å². The van der Waals surface area contributed by atoms with E-state index < -0.39 is 11.2 Å². The Hall–Kier alpha value is -3.51. The van der Waals surface area contributed by atoms with E-state index >= 15 is 0 Å². The molecule has 0 saturated heterocycles. The largest absolute Gasteiger partial charge is 0.325 e.